The van der Waals surface area contributed by atoms with E-state index in [-0.39, 0.29) is 16.8 Å². The maximum atomic E-state index is 12.8. The number of nitrogens with zero attached hydrogens (tertiary/aromatic N) is 2. The Morgan fingerprint density at radius 3 is 2.33 bits per heavy atom. The molecule has 1 N–H and O–H groups in total. The first kappa shape index (κ1) is 21.1. The zero-order chi connectivity index (χ0) is 21.8. The third kappa shape index (κ3) is 3.69. The fourth-order valence-corrected chi connectivity index (χ4v) is 5.32. The smallest absolute Gasteiger partial charge is 0.289 e. The first-order chi connectivity index (χ1) is 14.0. The number of nitrogens with one attached hydrogen (secondary N) is 1. The van der Waals surface area contributed by atoms with Gasteiger partial charge in [-0.3, -0.25) is 13.9 Å². The summed E-state index contributed by atoms with van der Waals surface area (Å²) in [5.74, 6) is 0. The monoisotopic (exact) mass is 467 g/mol. The molecular weight excluding hydrogens is 449 g/mol. The molecule has 0 bridgehead atoms. The van der Waals surface area contributed by atoms with Crippen molar-refractivity contribution in [1.82, 2.24) is 13.9 Å². The number of aromatic nitrogens is 2. The highest BCUT2D eigenvalue weighted by atomic mass is 35.5. The average molecular weight is 468 g/mol. The Balaban J connectivity index is 1.90. The Morgan fingerprint density at radius 2 is 1.73 bits per heavy atom. The van der Waals surface area contributed by atoms with Crippen molar-refractivity contribution in [2.45, 2.75) is 36.7 Å². The summed E-state index contributed by atoms with van der Waals surface area (Å²) in [7, 11) is -2.45. The van der Waals surface area contributed by atoms with Gasteiger partial charge >= 0.3 is 5.69 Å². The normalized spacial score (nSPS) is 15.5. The van der Waals surface area contributed by atoms with Crippen molar-refractivity contribution in [3.63, 3.8) is 0 Å². The van der Waals surface area contributed by atoms with Crippen LogP contribution in [0.3, 0.4) is 0 Å². The zero-order valence-electron chi connectivity index (χ0n) is 16.3. The summed E-state index contributed by atoms with van der Waals surface area (Å²) in [4.78, 5) is 25.5. The van der Waals surface area contributed by atoms with Crippen LogP contribution in [0.25, 0.3) is 10.9 Å². The number of benzene rings is 2. The summed E-state index contributed by atoms with van der Waals surface area (Å²) < 4.78 is 30.4. The van der Waals surface area contributed by atoms with E-state index in [0.29, 0.717) is 21.1 Å². The molecule has 0 spiro atoms. The second kappa shape index (κ2) is 7.23. The predicted molar refractivity (Wildman–Crippen MR) is 117 cm³/mol. The summed E-state index contributed by atoms with van der Waals surface area (Å²) in [5, 5.41) is 0.888. The van der Waals surface area contributed by atoms with E-state index in [4.69, 9.17) is 23.2 Å². The van der Waals surface area contributed by atoms with E-state index in [2.05, 4.69) is 4.72 Å². The summed E-state index contributed by atoms with van der Waals surface area (Å²) in [6.45, 7) is 1.86. The van der Waals surface area contributed by atoms with Crippen molar-refractivity contribution in [1.29, 1.82) is 0 Å². The van der Waals surface area contributed by atoms with E-state index in [1.807, 2.05) is 6.92 Å². The fourth-order valence-electron chi connectivity index (χ4n) is 3.31. The zero-order valence-corrected chi connectivity index (χ0v) is 18.6. The van der Waals surface area contributed by atoms with E-state index >= 15 is 0 Å². The lowest BCUT2D eigenvalue weighted by atomic mass is 10.2. The van der Waals surface area contributed by atoms with Gasteiger partial charge in [0, 0.05) is 28.2 Å². The third-order valence-corrected chi connectivity index (χ3v) is 7.72. The van der Waals surface area contributed by atoms with Gasteiger partial charge in [-0.25, -0.2) is 17.9 Å². The van der Waals surface area contributed by atoms with Crippen LogP contribution in [0.1, 0.15) is 25.3 Å². The number of sulfonamides is 1. The van der Waals surface area contributed by atoms with E-state index in [1.54, 1.807) is 18.2 Å². The van der Waals surface area contributed by atoms with E-state index in [9.17, 15) is 18.0 Å². The Morgan fingerprint density at radius 1 is 1.10 bits per heavy atom. The number of hydrogen-bond donors (Lipinski definition) is 1. The van der Waals surface area contributed by atoms with Crippen LogP contribution < -0.4 is 16.0 Å². The van der Waals surface area contributed by atoms with E-state index in [0.717, 1.165) is 17.4 Å². The van der Waals surface area contributed by atoms with E-state index < -0.39 is 26.8 Å². The molecule has 1 fully saturated rings. The first-order valence-electron chi connectivity index (χ1n) is 9.23. The molecule has 158 valence electrons. The van der Waals surface area contributed by atoms with Crippen LogP contribution in [0, 0.1) is 0 Å². The van der Waals surface area contributed by atoms with Crippen molar-refractivity contribution in [2.75, 3.05) is 0 Å². The molecule has 1 aliphatic carbocycles. The minimum absolute atomic E-state index is 0.0267. The van der Waals surface area contributed by atoms with Crippen LogP contribution in [-0.4, -0.2) is 23.1 Å². The molecule has 0 saturated heterocycles. The molecule has 0 aliphatic heterocycles. The summed E-state index contributed by atoms with van der Waals surface area (Å²) in [5.41, 5.74) is -0.745. The van der Waals surface area contributed by atoms with Gasteiger partial charge in [0.25, 0.3) is 5.56 Å². The minimum Gasteiger partial charge on any atom is -0.289 e. The van der Waals surface area contributed by atoms with Crippen molar-refractivity contribution >= 4 is 44.1 Å². The largest absolute Gasteiger partial charge is 0.331 e. The van der Waals surface area contributed by atoms with Crippen LogP contribution >= 0.6 is 23.2 Å². The molecular formula is C20H19Cl2N3O4S. The maximum Gasteiger partial charge on any atom is 0.331 e. The van der Waals surface area contributed by atoms with Gasteiger partial charge in [0.15, 0.2) is 0 Å². The van der Waals surface area contributed by atoms with Crippen LogP contribution in [0.2, 0.25) is 10.0 Å². The topological polar surface area (TPSA) is 90.2 Å². The summed E-state index contributed by atoms with van der Waals surface area (Å²) >= 11 is 12.5. The Bertz CT molecular complexity index is 1390. The molecule has 0 unspecified atom stereocenters. The molecule has 1 aromatic heterocycles. The molecule has 2 aromatic carbocycles. The molecule has 3 aromatic rings. The van der Waals surface area contributed by atoms with Crippen LogP contribution in [0.5, 0.6) is 0 Å². The number of rotatable bonds is 5. The molecule has 10 heteroatoms. The highest BCUT2D eigenvalue weighted by Gasteiger charge is 2.41. The van der Waals surface area contributed by atoms with Crippen molar-refractivity contribution in [3.05, 3.63) is 72.8 Å². The molecule has 0 amide bonds. The standard InChI is InChI=1S/C20H19Cl2N3O4S/c1-20(8-9-20)23-30(28,29)12-6-7-17-13(10-12)18(26)24(2)19(27)25(17)11-14-15(21)4-3-5-16(14)22/h3-7,10,23H,8-9,11H2,1-2H3. The van der Waals surface area contributed by atoms with Crippen LogP contribution in [0.15, 0.2) is 50.9 Å². The Hall–Kier alpha value is -2.13. The van der Waals surface area contributed by atoms with Crippen molar-refractivity contribution in [3.8, 4) is 0 Å². The van der Waals surface area contributed by atoms with Gasteiger partial charge < -0.3 is 0 Å². The third-order valence-electron chi connectivity index (χ3n) is 5.38. The molecule has 1 saturated carbocycles. The Kier molecular flexibility index (Phi) is 5.09. The summed E-state index contributed by atoms with van der Waals surface area (Å²) in [6.07, 6.45) is 1.53. The van der Waals surface area contributed by atoms with Crippen molar-refractivity contribution < 1.29 is 8.42 Å². The average Bonchev–Trinajstić information content (AvgIpc) is 3.40. The number of hydrogen-bond acceptors (Lipinski definition) is 4. The quantitative estimate of drug-likeness (QED) is 0.624. The first-order valence-corrected chi connectivity index (χ1v) is 11.5. The van der Waals surface area contributed by atoms with Gasteiger partial charge in [-0.2, -0.15) is 0 Å². The molecule has 7 nitrogen and oxygen atoms in total. The number of halogens is 2. The second-order valence-electron chi connectivity index (χ2n) is 7.78. The van der Waals surface area contributed by atoms with Gasteiger partial charge in [-0.05, 0) is 50.1 Å². The fraction of sp³-hybridized carbons (Fsp3) is 0.300. The lowest BCUT2D eigenvalue weighted by Crippen LogP contribution is -2.39. The highest BCUT2D eigenvalue weighted by Crippen LogP contribution is 2.36. The molecule has 0 radical (unpaired) electrons. The summed E-state index contributed by atoms with van der Waals surface area (Å²) in [6, 6.07) is 9.17. The van der Waals surface area contributed by atoms with E-state index in [1.165, 1.54) is 29.8 Å². The molecule has 1 aliphatic rings. The lowest BCUT2D eigenvalue weighted by molar-refractivity contribution is 0.558. The van der Waals surface area contributed by atoms with Gasteiger partial charge in [-0.1, -0.05) is 29.3 Å². The lowest BCUT2D eigenvalue weighted by Gasteiger charge is -2.16. The highest BCUT2D eigenvalue weighted by molar-refractivity contribution is 7.89. The van der Waals surface area contributed by atoms with Gasteiger partial charge in [0.05, 0.1) is 22.3 Å². The van der Waals surface area contributed by atoms with Gasteiger partial charge in [-0.15, -0.1) is 0 Å². The molecule has 0 atom stereocenters. The molecule has 1 heterocycles. The molecule has 30 heavy (non-hydrogen) atoms. The van der Waals surface area contributed by atoms with Crippen molar-refractivity contribution in [2.24, 2.45) is 7.05 Å². The van der Waals surface area contributed by atoms with Crippen LogP contribution in [-0.2, 0) is 23.6 Å². The SMILES string of the molecule is Cn1c(=O)c2cc(S(=O)(=O)NC3(C)CC3)ccc2n(Cc2c(Cl)cccc2Cl)c1=O. The van der Waals surface area contributed by atoms with Gasteiger partial charge in [0.2, 0.25) is 10.0 Å². The Labute approximate surface area is 182 Å². The number of fused-ring (bicyclic) bond motifs is 1. The minimum atomic E-state index is -3.80. The second-order valence-corrected chi connectivity index (χ2v) is 10.3. The van der Waals surface area contributed by atoms with Gasteiger partial charge in [0.1, 0.15) is 0 Å². The van der Waals surface area contributed by atoms with Crippen LogP contribution in [0.4, 0.5) is 0 Å². The maximum absolute atomic E-state index is 12.8. The predicted octanol–water partition coefficient (Wildman–Crippen LogP) is 2.89. The molecule has 4 rings (SSSR count).